The maximum absolute atomic E-state index is 11.5. The number of nitrogens with one attached hydrogen (secondary N) is 1. The zero-order chi connectivity index (χ0) is 22.0. The maximum atomic E-state index is 11.5. The minimum Gasteiger partial charge on any atom is -0.300 e. The van der Waals surface area contributed by atoms with Gasteiger partial charge in [0, 0.05) is 28.2 Å². The second kappa shape index (κ2) is 9.09. The number of ketones is 1. The first-order chi connectivity index (χ1) is 14.9. The number of H-pyrrole nitrogens is 1. The van der Waals surface area contributed by atoms with Crippen LogP contribution in [0.25, 0.3) is 21.1 Å². The molecule has 1 atom stereocenters. The summed E-state index contributed by atoms with van der Waals surface area (Å²) in [4.78, 5) is 24.6. The van der Waals surface area contributed by atoms with Gasteiger partial charge in [-0.05, 0) is 68.0 Å². The van der Waals surface area contributed by atoms with Crippen molar-refractivity contribution in [2.75, 3.05) is 14.1 Å². The second-order valence-corrected chi connectivity index (χ2v) is 9.05. The molecule has 0 amide bonds. The molecule has 0 bridgehead atoms. The number of carbonyl (C=O) groups excluding carboxylic acids is 1. The Morgan fingerprint density at radius 3 is 2.58 bits per heavy atom. The number of benzene rings is 1. The van der Waals surface area contributed by atoms with Gasteiger partial charge in [0.25, 0.3) is 0 Å². The van der Waals surface area contributed by atoms with E-state index in [-0.39, 0.29) is 11.8 Å². The average Bonchev–Trinajstić information content (AvgIpc) is 3.39. The van der Waals surface area contributed by atoms with Crippen LogP contribution in [0, 0.1) is 0 Å². The van der Waals surface area contributed by atoms with Crippen molar-refractivity contribution >= 4 is 28.7 Å². The van der Waals surface area contributed by atoms with Gasteiger partial charge in [0.05, 0.1) is 10.9 Å². The van der Waals surface area contributed by atoms with E-state index in [1.807, 2.05) is 36.4 Å². The van der Waals surface area contributed by atoms with Gasteiger partial charge in [-0.25, -0.2) is 4.98 Å². The van der Waals surface area contributed by atoms with Crippen LogP contribution in [0.3, 0.4) is 0 Å². The second-order valence-electron chi connectivity index (χ2n) is 7.56. The van der Waals surface area contributed by atoms with Gasteiger partial charge in [-0.1, -0.05) is 23.7 Å². The first-order valence-electron chi connectivity index (χ1n) is 9.78. The van der Waals surface area contributed by atoms with Gasteiger partial charge in [0.15, 0.2) is 5.82 Å². The number of aromatic nitrogens is 4. The molecule has 0 aliphatic carbocycles. The SMILES string of the molecule is CC(=O)Cc1cc(-c2cc([C@H](c3ccc(Cl)cc3)N(C)C)c(-c3ncn[nH]3)s2)ccn1. The number of aromatic amines is 1. The van der Waals surface area contributed by atoms with E-state index in [1.165, 1.54) is 6.33 Å². The van der Waals surface area contributed by atoms with Gasteiger partial charge in [0.2, 0.25) is 0 Å². The lowest BCUT2D eigenvalue weighted by molar-refractivity contribution is -0.116. The zero-order valence-electron chi connectivity index (χ0n) is 17.5. The molecule has 0 aliphatic rings. The van der Waals surface area contributed by atoms with Crippen molar-refractivity contribution in [2.24, 2.45) is 0 Å². The van der Waals surface area contributed by atoms with E-state index in [9.17, 15) is 4.79 Å². The molecule has 0 aliphatic heterocycles. The number of Topliss-reactive ketones (excluding diaryl/α,β-unsaturated/α-hetero) is 1. The normalized spacial score (nSPS) is 12.3. The van der Waals surface area contributed by atoms with Crippen molar-refractivity contribution in [1.82, 2.24) is 25.1 Å². The molecule has 1 aromatic carbocycles. The molecule has 0 saturated carbocycles. The van der Waals surface area contributed by atoms with Crippen molar-refractivity contribution in [2.45, 2.75) is 19.4 Å². The van der Waals surface area contributed by atoms with Crippen LogP contribution in [0.2, 0.25) is 5.02 Å². The lowest BCUT2D eigenvalue weighted by atomic mass is 9.97. The molecule has 3 heterocycles. The van der Waals surface area contributed by atoms with Crippen molar-refractivity contribution < 1.29 is 4.79 Å². The lowest BCUT2D eigenvalue weighted by Crippen LogP contribution is -2.21. The number of hydrogen-bond donors (Lipinski definition) is 1. The first-order valence-corrected chi connectivity index (χ1v) is 11.0. The third-order valence-corrected chi connectivity index (χ3v) is 6.38. The Balaban J connectivity index is 1.85. The number of nitrogens with zero attached hydrogens (tertiary/aromatic N) is 4. The third kappa shape index (κ3) is 4.74. The molecule has 31 heavy (non-hydrogen) atoms. The van der Waals surface area contributed by atoms with Gasteiger partial charge < -0.3 is 0 Å². The van der Waals surface area contributed by atoms with Gasteiger partial charge in [0.1, 0.15) is 12.1 Å². The Morgan fingerprint density at radius 2 is 1.94 bits per heavy atom. The van der Waals surface area contributed by atoms with E-state index < -0.39 is 0 Å². The highest BCUT2D eigenvalue weighted by atomic mass is 35.5. The summed E-state index contributed by atoms with van der Waals surface area (Å²) in [5, 5.41) is 7.76. The van der Waals surface area contributed by atoms with E-state index in [1.54, 1.807) is 24.5 Å². The average molecular weight is 452 g/mol. The molecule has 3 aromatic heterocycles. The van der Waals surface area contributed by atoms with E-state index in [2.05, 4.69) is 45.2 Å². The Labute approximate surface area is 189 Å². The quantitative estimate of drug-likeness (QED) is 0.426. The molecule has 1 N–H and O–H groups in total. The summed E-state index contributed by atoms with van der Waals surface area (Å²) in [5.41, 5.74) is 4.04. The molecule has 0 radical (unpaired) electrons. The number of pyridine rings is 1. The molecule has 0 unspecified atom stereocenters. The van der Waals surface area contributed by atoms with Gasteiger partial charge >= 0.3 is 0 Å². The standard InChI is InChI=1S/C23H22ClN5OS/c1-14(30)10-18-11-16(8-9-25-18)20-12-19(22(31-20)23-26-13-27-28-23)21(29(2)3)15-4-6-17(24)7-5-15/h4-9,11-13,21H,10H2,1-3H3,(H,26,27,28)/t21-/m0/s1. The molecule has 4 rings (SSSR count). The molecule has 6 nitrogen and oxygen atoms in total. The first kappa shape index (κ1) is 21.4. The largest absolute Gasteiger partial charge is 0.300 e. The molecule has 8 heteroatoms. The Hall–Kier alpha value is -2.87. The van der Waals surface area contributed by atoms with Crippen LogP contribution in [0.1, 0.15) is 29.8 Å². The predicted molar refractivity (Wildman–Crippen MR) is 124 cm³/mol. The van der Waals surface area contributed by atoms with E-state index in [4.69, 9.17) is 11.6 Å². The predicted octanol–water partition coefficient (Wildman–Crippen LogP) is 5.03. The summed E-state index contributed by atoms with van der Waals surface area (Å²) in [6.45, 7) is 1.58. The smallest absolute Gasteiger partial charge is 0.165 e. The fourth-order valence-electron chi connectivity index (χ4n) is 3.63. The zero-order valence-corrected chi connectivity index (χ0v) is 19.0. The molecule has 0 fully saturated rings. The molecule has 0 spiro atoms. The van der Waals surface area contributed by atoms with E-state index in [0.717, 1.165) is 38.0 Å². The lowest BCUT2D eigenvalue weighted by Gasteiger charge is -2.25. The highest BCUT2D eigenvalue weighted by Gasteiger charge is 2.25. The van der Waals surface area contributed by atoms with Crippen molar-refractivity contribution in [1.29, 1.82) is 0 Å². The minimum atomic E-state index is 0.000828. The fourth-order valence-corrected chi connectivity index (χ4v) is 4.89. The van der Waals surface area contributed by atoms with Gasteiger partial charge in [-0.15, -0.1) is 11.3 Å². The van der Waals surface area contributed by atoms with Crippen LogP contribution in [-0.2, 0) is 11.2 Å². The summed E-state index contributed by atoms with van der Waals surface area (Å²) >= 11 is 7.77. The van der Waals surface area contributed by atoms with Gasteiger partial charge in [-0.3, -0.25) is 19.8 Å². The summed E-state index contributed by atoms with van der Waals surface area (Å²) in [5.74, 6) is 0.819. The Morgan fingerprint density at radius 1 is 1.16 bits per heavy atom. The number of carbonyl (C=O) groups is 1. The summed E-state index contributed by atoms with van der Waals surface area (Å²) in [6.07, 6.45) is 3.60. The van der Waals surface area contributed by atoms with Crippen LogP contribution in [0.5, 0.6) is 0 Å². The Kier molecular flexibility index (Phi) is 6.27. The minimum absolute atomic E-state index is 0.000828. The molecular formula is C23H22ClN5OS. The summed E-state index contributed by atoms with van der Waals surface area (Å²) in [7, 11) is 4.11. The van der Waals surface area contributed by atoms with Gasteiger partial charge in [-0.2, -0.15) is 5.10 Å². The third-order valence-electron chi connectivity index (χ3n) is 4.92. The molecular weight excluding hydrogens is 430 g/mol. The van der Waals surface area contributed by atoms with Crippen LogP contribution in [0.4, 0.5) is 0 Å². The van der Waals surface area contributed by atoms with Crippen molar-refractivity contribution in [3.8, 4) is 21.1 Å². The summed E-state index contributed by atoms with van der Waals surface area (Å²) in [6, 6.07) is 14.1. The maximum Gasteiger partial charge on any atom is 0.165 e. The molecule has 0 saturated heterocycles. The topological polar surface area (TPSA) is 74.8 Å². The van der Waals surface area contributed by atoms with Crippen molar-refractivity contribution in [3.63, 3.8) is 0 Å². The van der Waals surface area contributed by atoms with Crippen LogP contribution in [-0.4, -0.2) is 44.9 Å². The number of thiophene rings is 1. The number of hydrogen-bond acceptors (Lipinski definition) is 6. The van der Waals surface area contributed by atoms with Crippen LogP contribution >= 0.6 is 22.9 Å². The monoisotopic (exact) mass is 451 g/mol. The van der Waals surface area contributed by atoms with Crippen LogP contribution < -0.4 is 0 Å². The Bertz CT molecular complexity index is 1190. The highest BCUT2D eigenvalue weighted by molar-refractivity contribution is 7.19. The summed E-state index contributed by atoms with van der Waals surface area (Å²) < 4.78 is 0. The highest BCUT2D eigenvalue weighted by Crippen LogP contribution is 2.43. The number of rotatable bonds is 7. The van der Waals surface area contributed by atoms with E-state index >= 15 is 0 Å². The van der Waals surface area contributed by atoms with Crippen molar-refractivity contribution in [3.05, 3.63) is 76.8 Å². The number of halogens is 1. The fraction of sp³-hybridized carbons (Fsp3) is 0.217. The molecule has 4 aromatic rings. The molecule has 158 valence electrons. The van der Waals surface area contributed by atoms with Crippen LogP contribution in [0.15, 0.2) is 55.0 Å². The van der Waals surface area contributed by atoms with E-state index in [0.29, 0.717) is 11.4 Å².